The van der Waals surface area contributed by atoms with Crippen molar-refractivity contribution in [2.45, 2.75) is 37.8 Å². The zero-order chi connectivity index (χ0) is 21.8. The lowest BCUT2D eigenvalue weighted by atomic mass is 10.1. The molecular formula is C23H34ClN3O4S. The van der Waals surface area contributed by atoms with Crippen molar-refractivity contribution in [3.05, 3.63) is 65.7 Å². The van der Waals surface area contributed by atoms with Crippen molar-refractivity contribution >= 4 is 36.0 Å². The Morgan fingerprint density at radius 3 is 2.31 bits per heavy atom. The lowest BCUT2D eigenvalue weighted by molar-refractivity contribution is -0.129. The summed E-state index contributed by atoms with van der Waals surface area (Å²) in [6.45, 7) is 0.554. The molecule has 2 aromatic rings. The highest BCUT2D eigenvalue weighted by Gasteiger charge is 2.23. The van der Waals surface area contributed by atoms with Gasteiger partial charge in [-0.1, -0.05) is 42.5 Å². The van der Waals surface area contributed by atoms with Crippen LogP contribution >= 0.6 is 24.2 Å². The summed E-state index contributed by atoms with van der Waals surface area (Å²) in [6, 6.07) is 15.3. The summed E-state index contributed by atoms with van der Waals surface area (Å²) >= 11 is 1.63. The second-order valence-electron chi connectivity index (χ2n) is 7.20. The molecule has 0 fully saturated rings. The van der Waals surface area contributed by atoms with Gasteiger partial charge in [-0.2, -0.15) is 11.8 Å². The van der Waals surface area contributed by atoms with Crippen LogP contribution in [0.1, 0.15) is 24.0 Å². The molecule has 0 radical (unpaired) electrons. The molecule has 0 aliphatic heterocycles. The van der Waals surface area contributed by atoms with E-state index in [-0.39, 0.29) is 35.4 Å². The van der Waals surface area contributed by atoms with E-state index in [4.69, 9.17) is 5.73 Å². The lowest BCUT2D eigenvalue weighted by Crippen LogP contribution is -2.52. The van der Waals surface area contributed by atoms with E-state index in [9.17, 15) is 14.7 Å². The van der Waals surface area contributed by atoms with E-state index >= 15 is 0 Å². The van der Waals surface area contributed by atoms with Crippen molar-refractivity contribution in [3.63, 3.8) is 0 Å². The smallest absolute Gasteiger partial charge is 0.242 e. The molecule has 178 valence electrons. The Bertz CT molecular complexity index is 794. The normalized spacial score (nSPS) is 11.9. The molecule has 0 unspecified atom stereocenters. The molecule has 0 bridgehead atoms. The predicted molar refractivity (Wildman–Crippen MR) is 133 cm³/mol. The van der Waals surface area contributed by atoms with Gasteiger partial charge in [0, 0.05) is 6.54 Å². The number of phenolic OH excluding ortho intramolecular Hbond substituents is 1. The molecule has 2 aromatic carbocycles. The fourth-order valence-electron chi connectivity index (χ4n) is 3.03. The number of hydrogen-bond donors (Lipinski definition) is 4. The number of benzene rings is 2. The minimum Gasteiger partial charge on any atom is -0.508 e. The van der Waals surface area contributed by atoms with Gasteiger partial charge in [0.2, 0.25) is 11.8 Å². The number of carbonyl (C=O) groups excluding carboxylic acids is 2. The van der Waals surface area contributed by atoms with Crippen LogP contribution < -0.4 is 16.4 Å². The number of aromatic hydroxyl groups is 1. The maximum absolute atomic E-state index is 12.6. The number of rotatable bonds is 12. The highest BCUT2D eigenvalue weighted by atomic mass is 35.5. The minimum atomic E-state index is -0.766. The third-order valence-corrected chi connectivity index (χ3v) is 5.40. The van der Waals surface area contributed by atoms with Gasteiger partial charge < -0.3 is 26.9 Å². The molecule has 0 saturated heterocycles. The quantitative estimate of drug-likeness (QED) is 0.341. The fourth-order valence-corrected chi connectivity index (χ4v) is 3.51. The first-order chi connectivity index (χ1) is 14.5. The first-order valence-corrected chi connectivity index (χ1v) is 11.5. The van der Waals surface area contributed by atoms with Crippen LogP contribution in [0.4, 0.5) is 0 Å². The summed E-state index contributed by atoms with van der Waals surface area (Å²) in [5, 5.41) is 15.1. The molecule has 0 aliphatic carbocycles. The number of nitrogens with two attached hydrogens (primary N) is 1. The molecule has 7 N–H and O–H groups in total. The number of nitrogens with one attached hydrogen (secondary N) is 2. The topological polar surface area (TPSA) is 136 Å². The van der Waals surface area contributed by atoms with Gasteiger partial charge >= 0.3 is 0 Å². The zero-order valence-electron chi connectivity index (χ0n) is 18.3. The fraction of sp³-hybridized carbons (Fsp3) is 0.391. The summed E-state index contributed by atoms with van der Waals surface area (Å²) in [5.74, 6) is 0.393. The Balaban J connectivity index is 0.00000480. The largest absolute Gasteiger partial charge is 0.508 e. The van der Waals surface area contributed by atoms with Crippen molar-refractivity contribution in [1.82, 2.24) is 10.6 Å². The number of thioether (sulfide) groups is 1. The first-order valence-electron chi connectivity index (χ1n) is 10.1. The van der Waals surface area contributed by atoms with Gasteiger partial charge in [0.05, 0.1) is 6.04 Å². The summed E-state index contributed by atoms with van der Waals surface area (Å²) < 4.78 is 0. The van der Waals surface area contributed by atoms with Crippen molar-refractivity contribution in [1.29, 1.82) is 0 Å². The molecular weight excluding hydrogens is 450 g/mol. The monoisotopic (exact) mass is 483 g/mol. The molecule has 0 spiro atoms. The Morgan fingerprint density at radius 2 is 1.69 bits per heavy atom. The Morgan fingerprint density at radius 1 is 1.03 bits per heavy atom. The van der Waals surface area contributed by atoms with Crippen LogP contribution in [0, 0.1) is 0 Å². The molecule has 2 atom stereocenters. The van der Waals surface area contributed by atoms with Crippen LogP contribution in [-0.4, -0.2) is 53.0 Å². The number of hydrogen-bond acceptors (Lipinski definition) is 5. The van der Waals surface area contributed by atoms with E-state index in [1.807, 2.05) is 24.5 Å². The second-order valence-corrected chi connectivity index (χ2v) is 8.19. The zero-order valence-corrected chi connectivity index (χ0v) is 19.9. The number of amides is 2. The number of halogens is 1. The van der Waals surface area contributed by atoms with E-state index < -0.39 is 12.1 Å². The van der Waals surface area contributed by atoms with Crippen LogP contribution in [0.25, 0.3) is 0 Å². The van der Waals surface area contributed by atoms with E-state index in [0.717, 1.165) is 24.2 Å². The summed E-state index contributed by atoms with van der Waals surface area (Å²) in [5.41, 5.74) is 8.12. The third-order valence-electron chi connectivity index (χ3n) is 4.76. The maximum atomic E-state index is 12.6. The standard InChI is InChI=1S/C23H31N3O3S.ClH.H2O/c1-30-15-13-21(23(29)25-14-5-8-17-6-3-2-4-7-17)26-22(28)20(24)16-18-9-11-19(27)12-10-18;;/h2-4,6-7,9-12,20-21,27H,5,8,13-16,24H2,1H3,(H,25,29)(H,26,28);1H;1H2/t20-,21+;;/m0../s1. The van der Waals surface area contributed by atoms with Crippen molar-refractivity contribution < 1.29 is 20.2 Å². The average Bonchev–Trinajstić information content (AvgIpc) is 2.76. The average molecular weight is 484 g/mol. The predicted octanol–water partition coefficient (Wildman–Crippen LogP) is 1.85. The highest BCUT2D eigenvalue weighted by molar-refractivity contribution is 7.98. The maximum Gasteiger partial charge on any atom is 0.242 e. The van der Waals surface area contributed by atoms with E-state index in [0.29, 0.717) is 19.4 Å². The van der Waals surface area contributed by atoms with Crippen molar-refractivity contribution in [2.75, 3.05) is 18.6 Å². The lowest BCUT2D eigenvalue weighted by Gasteiger charge is -2.20. The summed E-state index contributed by atoms with van der Waals surface area (Å²) in [7, 11) is 0. The molecule has 0 aliphatic rings. The van der Waals surface area contributed by atoms with Gasteiger partial charge in [0.15, 0.2) is 0 Å². The van der Waals surface area contributed by atoms with E-state index in [1.165, 1.54) is 5.56 Å². The molecule has 0 saturated carbocycles. The highest BCUT2D eigenvalue weighted by Crippen LogP contribution is 2.11. The van der Waals surface area contributed by atoms with Crippen LogP contribution in [0.3, 0.4) is 0 Å². The van der Waals surface area contributed by atoms with Gasteiger partial charge in [-0.25, -0.2) is 0 Å². The number of phenols is 1. The van der Waals surface area contributed by atoms with Gasteiger partial charge in [0.1, 0.15) is 11.8 Å². The third kappa shape index (κ3) is 10.9. The Hall–Kier alpha value is -2.26. The van der Waals surface area contributed by atoms with Crippen molar-refractivity contribution in [2.24, 2.45) is 5.73 Å². The molecule has 0 heterocycles. The van der Waals surface area contributed by atoms with Crippen molar-refractivity contribution in [3.8, 4) is 5.75 Å². The second kappa shape index (κ2) is 16.4. The molecule has 9 heteroatoms. The van der Waals surface area contributed by atoms with Gasteiger partial charge in [-0.15, -0.1) is 12.4 Å². The molecule has 0 aromatic heterocycles. The Labute approximate surface area is 200 Å². The summed E-state index contributed by atoms with van der Waals surface area (Å²) in [4.78, 5) is 25.1. The van der Waals surface area contributed by atoms with Gasteiger partial charge in [-0.05, 0) is 61.0 Å². The minimum absolute atomic E-state index is 0. The van der Waals surface area contributed by atoms with Crippen LogP contribution in [0.5, 0.6) is 5.75 Å². The van der Waals surface area contributed by atoms with E-state index in [1.54, 1.807) is 36.0 Å². The molecule has 2 amide bonds. The molecule has 2 rings (SSSR count). The van der Waals surface area contributed by atoms with Gasteiger partial charge in [0.25, 0.3) is 0 Å². The van der Waals surface area contributed by atoms with Gasteiger partial charge in [-0.3, -0.25) is 9.59 Å². The number of aryl methyl sites for hydroxylation is 1. The van der Waals surface area contributed by atoms with Crippen LogP contribution in [0.2, 0.25) is 0 Å². The molecule has 32 heavy (non-hydrogen) atoms. The first kappa shape index (κ1) is 29.7. The van der Waals surface area contributed by atoms with Crippen LogP contribution in [-0.2, 0) is 22.4 Å². The van der Waals surface area contributed by atoms with E-state index in [2.05, 4.69) is 22.8 Å². The SMILES string of the molecule is CSCC[C@@H](NC(=O)[C@@H](N)Cc1ccc(O)cc1)C(=O)NCCCc1ccccc1.Cl.O. The summed E-state index contributed by atoms with van der Waals surface area (Å²) in [6.07, 6.45) is 4.57. The number of carbonyl (C=O) groups is 2. The van der Waals surface area contributed by atoms with Crippen LogP contribution in [0.15, 0.2) is 54.6 Å². The molecule has 7 nitrogen and oxygen atoms in total. The Kier molecular flexibility index (Phi) is 15.2.